The summed E-state index contributed by atoms with van der Waals surface area (Å²) in [5.74, 6) is -3.01. The molecule has 0 radical (unpaired) electrons. The third kappa shape index (κ3) is 1.51. The molecule has 2 rings (SSSR count). The van der Waals surface area contributed by atoms with Gasteiger partial charge in [-0.2, -0.15) is 0 Å². The highest BCUT2D eigenvalue weighted by atomic mass is 19.3. The van der Waals surface area contributed by atoms with Crippen molar-refractivity contribution in [3.05, 3.63) is 0 Å². The first kappa shape index (κ1) is 9.87. The third-order valence-electron chi connectivity index (χ3n) is 3.29. The van der Waals surface area contributed by atoms with Crippen molar-refractivity contribution >= 4 is 5.91 Å². The van der Waals surface area contributed by atoms with Crippen LogP contribution < -0.4 is 0 Å². The molecule has 2 fully saturated rings. The lowest BCUT2D eigenvalue weighted by molar-refractivity contribution is -0.142. The van der Waals surface area contributed by atoms with Gasteiger partial charge in [-0.3, -0.25) is 4.79 Å². The minimum atomic E-state index is -2.71. The molecule has 1 heterocycles. The summed E-state index contributed by atoms with van der Waals surface area (Å²) in [6, 6.07) is 0. The summed E-state index contributed by atoms with van der Waals surface area (Å²) in [4.78, 5) is 13.0. The molecule has 1 atom stereocenters. The van der Waals surface area contributed by atoms with Crippen LogP contribution in [0.25, 0.3) is 0 Å². The third-order valence-corrected chi connectivity index (χ3v) is 3.29. The monoisotopic (exact) mass is 203 g/mol. The number of rotatable bonds is 2. The zero-order valence-electron chi connectivity index (χ0n) is 8.46. The van der Waals surface area contributed by atoms with E-state index in [-0.39, 0.29) is 12.3 Å². The minimum absolute atomic E-state index is 0.241. The SMILES string of the molecule is CC(C)C1CN(C(=O)C2CC2(F)F)C1. The zero-order valence-corrected chi connectivity index (χ0v) is 8.46. The molecule has 2 nitrogen and oxygen atoms in total. The molecule has 14 heavy (non-hydrogen) atoms. The van der Waals surface area contributed by atoms with Gasteiger partial charge in [-0.15, -0.1) is 0 Å². The number of carbonyl (C=O) groups excluding carboxylic acids is 1. The van der Waals surface area contributed by atoms with E-state index in [1.807, 2.05) is 0 Å². The van der Waals surface area contributed by atoms with Crippen LogP contribution >= 0.6 is 0 Å². The van der Waals surface area contributed by atoms with E-state index in [2.05, 4.69) is 13.8 Å². The Morgan fingerprint density at radius 2 is 1.93 bits per heavy atom. The van der Waals surface area contributed by atoms with Crippen LogP contribution in [0.15, 0.2) is 0 Å². The molecule has 0 aromatic heterocycles. The first-order valence-electron chi connectivity index (χ1n) is 5.08. The molecule has 1 aliphatic heterocycles. The summed E-state index contributed by atoms with van der Waals surface area (Å²) in [7, 11) is 0. The molecule has 80 valence electrons. The van der Waals surface area contributed by atoms with Gasteiger partial charge in [0.05, 0.1) is 0 Å². The Labute approximate surface area is 82.3 Å². The fourth-order valence-corrected chi connectivity index (χ4v) is 1.82. The van der Waals surface area contributed by atoms with Gasteiger partial charge < -0.3 is 4.90 Å². The van der Waals surface area contributed by atoms with E-state index in [1.165, 1.54) is 0 Å². The number of likely N-dealkylation sites (tertiary alicyclic amines) is 1. The van der Waals surface area contributed by atoms with E-state index in [9.17, 15) is 13.6 Å². The molecule has 0 aromatic rings. The van der Waals surface area contributed by atoms with E-state index >= 15 is 0 Å². The lowest BCUT2D eigenvalue weighted by atomic mass is 9.88. The quantitative estimate of drug-likeness (QED) is 0.669. The molecule has 4 heteroatoms. The lowest BCUT2D eigenvalue weighted by Crippen LogP contribution is -2.52. The van der Waals surface area contributed by atoms with Gasteiger partial charge in [0, 0.05) is 19.5 Å². The Hall–Kier alpha value is -0.670. The molecule has 1 unspecified atom stereocenters. The minimum Gasteiger partial charge on any atom is -0.342 e. The summed E-state index contributed by atoms with van der Waals surface area (Å²) in [5.41, 5.74) is 0. The molecule has 1 amide bonds. The van der Waals surface area contributed by atoms with E-state index in [0.717, 1.165) is 0 Å². The van der Waals surface area contributed by atoms with Gasteiger partial charge in [-0.05, 0) is 11.8 Å². The second-order valence-corrected chi connectivity index (χ2v) is 4.77. The van der Waals surface area contributed by atoms with Crippen LogP contribution in [0.5, 0.6) is 0 Å². The maximum absolute atomic E-state index is 12.6. The number of halogens is 2. The summed E-state index contributed by atoms with van der Waals surface area (Å²) in [6.45, 7) is 5.53. The molecule has 0 aromatic carbocycles. The van der Waals surface area contributed by atoms with Crippen LogP contribution in [0.2, 0.25) is 0 Å². The second kappa shape index (κ2) is 2.91. The van der Waals surface area contributed by atoms with Gasteiger partial charge in [0.1, 0.15) is 5.92 Å². The van der Waals surface area contributed by atoms with Crippen molar-refractivity contribution in [2.45, 2.75) is 26.2 Å². The average Bonchev–Trinajstić information content (AvgIpc) is 2.55. The Kier molecular flexibility index (Phi) is 2.05. The number of amides is 1. The summed E-state index contributed by atoms with van der Waals surface area (Å²) in [5, 5.41) is 0. The maximum Gasteiger partial charge on any atom is 0.260 e. The normalized spacial score (nSPS) is 30.4. The Morgan fingerprint density at radius 1 is 1.43 bits per heavy atom. The van der Waals surface area contributed by atoms with Crippen LogP contribution in [0, 0.1) is 17.8 Å². The Morgan fingerprint density at radius 3 is 2.29 bits per heavy atom. The molecule has 0 spiro atoms. The van der Waals surface area contributed by atoms with Gasteiger partial charge >= 0.3 is 0 Å². The van der Waals surface area contributed by atoms with Gasteiger partial charge in [-0.1, -0.05) is 13.8 Å². The van der Waals surface area contributed by atoms with Gasteiger partial charge in [0.25, 0.3) is 5.92 Å². The largest absolute Gasteiger partial charge is 0.342 e. The predicted molar refractivity (Wildman–Crippen MR) is 48.0 cm³/mol. The molecule has 1 saturated heterocycles. The van der Waals surface area contributed by atoms with Crippen LogP contribution in [-0.4, -0.2) is 29.8 Å². The second-order valence-electron chi connectivity index (χ2n) is 4.77. The highest BCUT2D eigenvalue weighted by Crippen LogP contribution is 2.50. The molecule has 1 saturated carbocycles. The number of nitrogens with zero attached hydrogens (tertiary/aromatic N) is 1. The molecule has 2 aliphatic rings. The number of alkyl halides is 2. The topological polar surface area (TPSA) is 20.3 Å². The average molecular weight is 203 g/mol. The van der Waals surface area contributed by atoms with Crippen molar-refractivity contribution in [3.63, 3.8) is 0 Å². The first-order chi connectivity index (χ1) is 6.42. The zero-order chi connectivity index (χ0) is 10.5. The van der Waals surface area contributed by atoms with E-state index < -0.39 is 11.8 Å². The molecular formula is C10H15F2NO. The number of hydrogen-bond donors (Lipinski definition) is 0. The predicted octanol–water partition coefficient (Wildman–Crippen LogP) is 1.76. The number of hydrogen-bond acceptors (Lipinski definition) is 1. The highest BCUT2D eigenvalue weighted by molar-refractivity contribution is 5.83. The molecule has 0 N–H and O–H groups in total. The fourth-order valence-electron chi connectivity index (χ4n) is 1.82. The van der Waals surface area contributed by atoms with Gasteiger partial charge in [-0.25, -0.2) is 8.78 Å². The smallest absolute Gasteiger partial charge is 0.260 e. The van der Waals surface area contributed by atoms with Crippen LogP contribution in [0.1, 0.15) is 20.3 Å². The Balaban J connectivity index is 1.81. The van der Waals surface area contributed by atoms with Crippen LogP contribution in [0.4, 0.5) is 8.78 Å². The van der Waals surface area contributed by atoms with Crippen molar-refractivity contribution in [1.29, 1.82) is 0 Å². The summed E-state index contributed by atoms with van der Waals surface area (Å²) in [6.07, 6.45) is -0.241. The van der Waals surface area contributed by atoms with E-state index in [1.54, 1.807) is 4.90 Å². The van der Waals surface area contributed by atoms with Gasteiger partial charge in [0.15, 0.2) is 0 Å². The van der Waals surface area contributed by atoms with E-state index in [4.69, 9.17) is 0 Å². The lowest BCUT2D eigenvalue weighted by Gasteiger charge is -2.41. The maximum atomic E-state index is 12.6. The first-order valence-corrected chi connectivity index (χ1v) is 5.08. The van der Waals surface area contributed by atoms with Crippen molar-refractivity contribution < 1.29 is 13.6 Å². The van der Waals surface area contributed by atoms with Gasteiger partial charge in [0.2, 0.25) is 5.91 Å². The summed E-state index contributed by atoms with van der Waals surface area (Å²) >= 11 is 0. The standard InChI is InChI=1S/C10H15F2NO/c1-6(2)7-4-13(5-7)9(14)8-3-10(8,11)12/h6-8H,3-5H2,1-2H3. The molecular weight excluding hydrogens is 188 g/mol. The fraction of sp³-hybridized carbons (Fsp3) is 0.900. The van der Waals surface area contributed by atoms with Crippen molar-refractivity contribution in [2.24, 2.45) is 17.8 Å². The van der Waals surface area contributed by atoms with Crippen molar-refractivity contribution in [3.8, 4) is 0 Å². The van der Waals surface area contributed by atoms with E-state index in [0.29, 0.717) is 24.9 Å². The molecule has 1 aliphatic carbocycles. The van der Waals surface area contributed by atoms with Crippen molar-refractivity contribution in [1.82, 2.24) is 4.90 Å². The number of carbonyl (C=O) groups is 1. The van der Waals surface area contributed by atoms with Crippen LogP contribution in [0.3, 0.4) is 0 Å². The highest BCUT2D eigenvalue weighted by Gasteiger charge is 2.62. The molecule has 0 bridgehead atoms. The van der Waals surface area contributed by atoms with Crippen LogP contribution in [-0.2, 0) is 4.79 Å². The van der Waals surface area contributed by atoms with Crippen molar-refractivity contribution in [2.75, 3.05) is 13.1 Å². The summed E-state index contributed by atoms with van der Waals surface area (Å²) < 4.78 is 25.2. The Bertz CT molecular complexity index is 259.